The second-order valence-electron chi connectivity index (χ2n) is 8.49. The van der Waals surface area contributed by atoms with Gasteiger partial charge in [-0.25, -0.2) is 27.3 Å². The molecule has 4 rings (SSSR count). The summed E-state index contributed by atoms with van der Waals surface area (Å²) < 4.78 is 58.5. The molecule has 1 aliphatic heterocycles. The van der Waals surface area contributed by atoms with Gasteiger partial charge in [0.15, 0.2) is 0 Å². The number of fused-ring (bicyclic) bond motifs is 1. The fourth-order valence-corrected chi connectivity index (χ4v) is 6.27. The summed E-state index contributed by atoms with van der Waals surface area (Å²) in [6, 6.07) is 4.81. The van der Waals surface area contributed by atoms with Crippen molar-refractivity contribution >= 4 is 26.6 Å². The average Bonchev–Trinajstić information content (AvgIpc) is 2.82. The zero-order valence-electron chi connectivity index (χ0n) is 19.0. The molecule has 12 heteroatoms. The van der Waals surface area contributed by atoms with E-state index in [1.54, 1.807) is 26.2 Å². The molecule has 1 unspecified atom stereocenters. The Labute approximate surface area is 200 Å². The Kier molecular flexibility index (Phi) is 6.80. The van der Waals surface area contributed by atoms with Crippen LogP contribution < -0.4 is 10.9 Å². The summed E-state index contributed by atoms with van der Waals surface area (Å²) in [6.07, 6.45) is 0.814. The van der Waals surface area contributed by atoms with Gasteiger partial charge in [-0.05, 0) is 31.7 Å². The zero-order chi connectivity index (χ0) is 25.3. The number of aryl methyl sites for hydroxylation is 1. The van der Waals surface area contributed by atoms with E-state index in [0.717, 1.165) is 6.07 Å². The number of hydrogen-bond acceptors (Lipinski definition) is 7. The molecule has 3 aromatic rings. The number of anilines is 1. The lowest BCUT2D eigenvalue weighted by atomic mass is 9.94. The molecule has 1 aliphatic rings. The number of nitriles is 1. The lowest BCUT2D eigenvalue weighted by Gasteiger charge is -2.24. The lowest BCUT2D eigenvalue weighted by Crippen LogP contribution is -2.29. The minimum Gasteiger partial charge on any atom is -0.363 e. The van der Waals surface area contributed by atoms with Crippen LogP contribution in [0, 0.1) is 17.3 Å². The van der Waals surface area contributed by atoms with E-state index in [2.05, 4.69) is 19.6 Å². The Morgan fingerprint density at radius 3 is 2.60 bits per heavy atom. The van der Waals surface area contributed by atoms with Crippen molar-refractivity contribution in [2.24, 2.45) is 11.4 Å². The van der Waals surface area contributed by atoms with Crippen LogP contribution in [0.4, 0.5) is 19.0 Å². The van der Waals surface area contributed by atoms with Crippen LogP contribution in [-0.2, 0) is 16.8 Å². The zero-order valence-corrected chi connectivity index (χ0v) is 19.9. The number of alkyl halides is 2. The highest BCUT2D eigenvalue weighted by Crippen LogP contribution is 2.33. The van der Waals surface area contributed by atoms with Crippen molar-refractivity contribution in [1.29, 1.82) is 5.26 Å². The topological polar surface area (TPSA) is 113 Å². The predicted octanol–water partition coefficient (Wildman–Crippen LogP) is 4.40. The Bertz CT molecular complexity index is 1490. The van der Waals surface area contributed by atoms with E-state index in [1.165, 1.54) is 23.0 Å². The normalized spacial score (nSPS) is 21.0. The van der Waals surface area contributed by atoms with Gasteiger partial charge in [-0.15, -0.1) is 4.36 Å². The Morgan fingerprint density at radius 2 is 1.94 bits per heavy atom. The maximum Gasteiger partial charge on any atom is 0.266 e. The molecule has 0 saturated carbocycles. The van der Waals surface area contributed by atoms with E-state index >= 15 is 0 Å². The van der Waals surface area contributed by atoms with E-state index in [9.17, 15) is 22.2 Å². The molecular weight excluding hydrogens is 481 g/mol. The first-order valence-electron chi connectivity index (χ1n) is 10.9. The third kappa shape index (κ3) is 4.73. The average molecular weight is 505 g/mol. The van der Waals surface area contributed by atoms with Crippen molar-refractivity contribution in [1.82, 2.24) is 14.5 Å². The van der Waals surface area contributed by atoms with Crippen LogP contribution in [0.15, 0.2) is 39.8 Å². The molecule has 0 aliphatic carbocycles. The highest BCUT2D eigenvalue weighted by Gasteiger charge is 2.27. The van der Waals surface area contributed by atoms with Gasteiger partial charge in [0.05, 0.1) is 26.7 Å². The molecule has 1 N–H and O–H groups in total. The Balaban J connectivity index is 1.72. The molecule has 1 fully saturated rings. The summed E-state index contributed by atoms with van der Waals surface area (Å²) in [6.45, 7) is 1.63. The van der Waals surface area contributed by atoms with Gasteiger partial charge in [-0.3, -0.25) is 9.36 Å². The molecular formula is C23H23F3N6O2S. The quantitative estimate of drug-likeness (QED) is 0.515. The lowest BCUT2D eigenvalue weighted by molar-refractivity contribution is 0.146. The van der Waals surface area contributed by atoms with E-state index in [4.69, 9.17) is 5.26 Å². The van der Waals surface area contributed by atoms with Crippen LogP contribution in [0.1, 0.15) is 54.8 Å². The Morgan fingerprint density at radius 1 is 1.26 bits per heavy atom. The van der Waals surface area contributed by atoms with Crippen molar-refractivity contribution < 1.29 is 17.4 Å². The number of hydrogen-bond donors (Lipinski definition) is 1. The van der Waals surface area contributed by atoms with Crippen molar-refractivity contribution in [2.75, 3.05) is 16.8 Å². The summed E-state index contributed by atoms with van der Waals surface area (Å²) >= 11 is 0. The second kappa shape index (κ2) is 9.65. The van der Waals surface area contributed by atoms with Crippen LogP contribution in [0.5, 0.6) is 0 Å². The Hall–Kier alpha value is -3.46. The van der Waals surface area contributed by atoms with E-state index in [0.29, 0.717) is 35.3 Å². The van der Waals surface area contributed by atoms with Gasteiger partial charge in [0.2, 0.25) is 6.19 Å². The number of benzene rings is 1. The minimum absolute atomic E-state index is 0.0582. The molecule has 0 bridgehead atoms. The number of nitrogens with zero attached hydrogens (tertiary/aromatic N) is 5. The first-order chi connectivity index (χ1) is 16.6. The smallest absolute Gasteiger partial charge is 0.266 e. The van der Waals surface area contributed by atoms with Crippen LogP contribution in [0.25, 0.3) is 11.0 Å². The summed E-state index contributed by atoms with van der Waals surface area (Å²) in [5, 5.41) is 12.4. The van der Waals surface area contributed by atoms with Crippen LogP contribution in [-0.4, -0.2) is 30.2 Å². The highest BCUT2D eigenvalue weighted by atomic mass is 32.2. The van der Waals surface area contributed by atoms with Crippen molar-refractivity contribution in [3.8, 4) is 6.19 Å². The maximum atomic E-state index is 14.7. The fraction of sp³-hybridized carbons (Fsp3) is 0.391. The third-order valence-corrected chi connectivity index (χ3v) is 8.52. The van der Waals surface area contributed by atoms with E-state index in [1.807, 2.05) is 0 Å². The maximum absolute atomic E-state index is 14.7. The minimum atomic E-state index is -2.94. The summed E-state index contributed by atoms with van der Waals surface area (Å²) in [5.41, 5.74) is -0.0195. The first kappa shape index (κ1) is 24.7. The standard InChI is InChI=1S/C23H23F3N6O2S/c1-13(15-4-3-5-16(19(15)24)20(25)26)31-21-18-10-17(23(33)32(2)22(18)29-12-28-21)14-6-8-35(34,9-7-14)30-11-27/h3-5,10,12-14,20H,6-9H2,1-2H3,(H,28,29,31). The van der Waals surface area contributed by atoms with Gasteiger partial charge in [-0.2, -0.15) is 5.26 Å². The van der Waals surface area contributed by atoms with Crippen molar-refractivity contribution in [3.63, 3.8) is 0 Å². The van der Waals surface area contributed by atoms with Crippen LogP contribution >= 0.6 is 0 Å². The molecule has 1 atom stereocenters. The van der Waals surface area contributed by atoms with Gasteiger partial charge in [-0.1, -0.05) is 18.2 Å². The van der Waals surface area contributed by atoms with Crippen molar-refractivity contribution in [2.45, 2.75) is 38.2 Å². The number of rotatable bonds is 5. The van der Waals surface area contributed by atoms with E-state index < -0.39 is 33.6 Å². The third-order valence-electron chi connectivity index (χ3n) is 6.36. The summed E-state index contributed by atoms with van der Waals surface area (Å²) in [5.74, 6) is -0.408. The number of nitrogens with one attached hydrogen (secondary N) is 1. The molecule has 1 saturated heterocycles. The molecule has 8 nitrogen and oxygen atoms in total. The molecule has 0 amide bonds. The van der Waals surface area contributed by atoms with Gasteiger partial charge in [0.25, 0.3) is 12.0 Å². The molecule has 0 spiro atoms. The van der Waals surface area contributed by atoms with Gasteiger partial charge < -0.3 is 5.32 Å². The number of halogens is 3. The highest BCUT2D eigenvalue weighted by molar-refractivity contribution is 7.93. The molecule has 184 valence electrons. The summed E-state index contributed by atoms with van der Waals surface area (Å²) in [7, 11) is -1.01. The second-order valence-corrected chi connectivity index (χ2v) is 11.0. The molecule has 35 heavy (non-hydrogen) atoms. The van der Waals surface area contributed by atoms with Gasteiger partial charge in [0, 0.05) is 29.7 Å². The SMILES string of the molecule is CC(Nc1ncnc2c1cc(C1CCS(=O)(=NC#N)CC1)c(=O)n2C)c1cccc(C(F)F)c1F. The van der Waals surface area contributed by atoms with Crippen LogP contribution in [0.2, 0.25) is 0 Å². The largest absolute Gasteiger partial charge is 0.363 e. The number of pyridine rings is 1. The molecule has 1 aromatic carbocycles. The van der Waals surface area contributed by atoms with Gasteiger partial charge in [0.1, 0.15) is 23.6 Å². The van der Waals surface area contributed by atoms with Gasteiger partial charge >= 0.3 is 0 Å². The fourth-order valence-electron chi connectivity index (χ4n) is 4.43. The predicted molar refractivity (Wildman–Crippen MR) is 126 cm³/mol. The molecule has 2 aromatic heterocycles. The van der Waals surface area contributed by atoms with Crippen molar-refractivity contribution in [3.05, 3.63) is 63.5 Å². The number of aromatic nitrogens is 3. The van der Waals surface area contributed by atoms with E-state index in [-0.39, 0.29) is 28.5 Å². The molecule has 3 heterocycles. The van der Waals surface area contributed by atoms with Crippen LogP contribution in [0.3, 0.4) is 0 Å². The monoisotopic (exact) mass is 504 g/mol. The molecule has 0 radical (unpaired) electrons. The summed E-state index contributed by atoms with van der Waals surface area (Å²) in [4.78, 5) is 21.6. The first-order valence-corrected chi connectivity index (χ1v) is 12.8.